The maximum absolute atomic E-state index is 9.30. The van der Waals surface area contributed by atoms with Crippen molar-refractivity contribution in [1.29, 1.82) is 5.26 Å². The van der Waals surface area contributed by atoms with E-state index in [1.807, 2.05) is 43.3 Å². The van der Waals surface area contributed by atoms with Gasteiger partial charge in [-0.15, -0.1) is 5.10 Å². The zero-order valence-electron chi connectivity index (χ0n) is 12.0. The molecule has 0 amide bonds. The predicted octanol–water partition coefficient (Wildman–Crippen LogP) is 2.60. The molecule has 0 aliphatic carbocycles. The van der Waals surface area contributed by atoms with Crippen molar-refractivity contribution in [2.24, 2.45) is 0 Å². The average molecular weight is 291 g/mol. The minimum atomic E-state index is 0.262. The highest BCUT2D eigenvalue weighted by Gasteiger charge is 2.18. The Kier molecular flexibility index (Phi) is 3.79. The summed E-state index contributed by atoms with van der Waals surface area (Å²) in [6, 6.07) is 13.2. The zero-order valence-corrected chi connectivity index (χ0v) is 12.0. The van der Waals surface area contributed by atoms with Gasteiger partial charge in [0, 0.05) is 18.0 Å². The maximum Gasteiger partial charge on any atom is 0.191 e. The van der Waals surface area contributed by atoms with E-state index in [9.17, 15) is 5.26 Å². The molecule has 6 heteroatoms. The highest BCUT2D eigenvalue weighted by Crippen LogP contribution is 2.29. The summed E-state index contributed by atoms with van der Waals surface area (Å²) >= 11 is 0. The molecule has 0 saturated heterocycles. The third-order valence-electron chi connectivity index (χ3n) is 3.12. The lowest BCUT2D eigenvalue weighted by molar-refractivity contribution is 0.338. The molecule has 2 heterocycles. The molecule has 6 nitrogen and oxygen atoms in total. The Labute approximate surface area is 127 Å². The van der Waals surface area contributed by atoms with Crippen LogP contribution < -0.4 is 4.74 Å². The Morgan fingerprint density at radius 2 is 1.95 bits per heavy atom. The van der Waals surface area contributed by atoms with Crippen molar-refractivity contribution in [3.63, 3.8) is 0 Å². The van der Waals surface area contributed by atoms with Gasteiger partial charge >= 0.3 is 0 Å². The first-order valence-electron chi connectivity index (χ1n) is 6.83. The quantitative estimate of drug-likeness (QED) is 0.738. The molecule has 0 unspecified atom stereocenters. The van der Waals surface area contributed by atoms with Crippen LogP contribution in [-0.2, 0) is 0 Å². The van der Waals surface area contributed by atoms with Crippen molar-refractivity contribution in [3.8, 4) is 28.8 Å². The van der Waals surface area contributed by atoms with Crippen LogP contribution in [0.25, 0.3) is 16.9 Å². The van der Waals surface area contributed by atoms with Crippen molar-refractivity contribution in [3.05, 3.63) is 54.5 Å². The van der Waals surface area contributed by atoms with E-state index in [1.165, 1.54) is 0 Å². The summed E-state index contributed by atoms with van der Waals surface area (Å²) in [5.74, 6) is 0.690. The van der Waals surface area contributed by atoms with E-state index >= 15 is 0 Å². The van der Waals surface area contributed by atoms with E-state index in [0.717, 1.165) is 11.3 Å². The number of nitrogens with zero attached hydrogens (tertiary/aromatic N) is 5. The molecule has 0 aliphatic rings. The van der Waals surface area contributed by atoms with Crippen molar-refractivity contribution < 1.29 is 4.74 Å². The van der Waals surface area contributed by atoms with Gasteiger partial charge in [-0.25, -0.2) is 4.68 Å². The topological polar surface area (TPSA) is 76.6 Å². The number of hydrogen-bond donors (Lipinski definition) is 0. The average Bonchev–Trinajstić information content (AvgIpc) is 3.00. The number of aromatic nitrogens is 4. The van der Waals surface area contributed by atoms with Crippen LogP contribution in [0, 0.1) is 11.3 Å². The molecule has 0 atom stereocenters. The summed E-state index contributed by atoms with van der Waals surface area (Å²) in [7, 11) is 0. The van der Waals surface area contributed by atoms with Crippen LogP contribution in [-0.4, -0.2) is 26.6 Å². The van der Waals surface area contributed by atoms with Gasteiger partial charge in [0.2, 0.25) is 0 Å². The monoisotopic (exact) mass is 291 g/mol. The van der Waals surface area contributed by atoms with Crippen molar-refractivity contribution in [1.82, 2.24) is 20.0 Å². The third kappa shape index (κ3) is 2.40. The molecular formula is C16H13N5O. The number of ether oxygens (including phenoxy) is 1. The number of rotatable bonds is 4. The van der Waals surface area contributed by atoms with Crippen LogP contribution >= 0.6 is 0 Å². The molecule has 2 aromatic heterocycles. The standard InChI is InChI=1S/C16H13N5O/c1-2-22-15-6-4-3-5-14(15)21-16(13(11-17)19-20-21)12-7-9-18-10-8-12/h3-10H,2H2,1H3. The van der Waals surface area contributed by atoms with Gasteiger partial charge in [0.1, 0.15) is 23.2 Å². The lowest BCUT2D eigenvalue weighted by Crippen LogP contribution is -2.04. The van der Waals surface area contributed by atoms with E-state index in [2.05, 4.69) is 21.4 Å². The van der Waals surface area contributed by atoms with Crippen molar-refractivity contribution >= 4 is 0 Å². The first-order valence-corrected chi connectivity index (χ1v) is 6.83. The molecule has 0 N–H and O–H groups in total. The van der Waals surface area contributed by atoms with Gasteiger partial charge in [-0.05, 0) is 31.2 Å². The number of nitriles is 1. The Balaban J connectivity index is 2.22. The highest BCUT2D eigenvalue weighted by atomic mass is 16.5. The first kappa shape index (κ1) is 13.8. The number of hydrogen-bond acceptors (Lipinski definition) is 5. The molecule has 0 aliphatic heterocycles. The van der Waals surface area contributed by atoms with E-state index < -0.39 is 0 Å². The minimum Gasteiger partial charge on any atom is -0.492 e. The summed E-state index contributed by atoms with van der Waals surface area (Å²) in [5.41, 5.74) is 2.45. The molecular weight excluding hydrogens is 278 g/mol. The molecule has 0 radical (unpaired) electrons. The molecule has 108 valence electrons. The second kappa shape index (κ2) is 6.06. The Bertz CT molecular complexity index is 820. The summed E-state index contributed by atoms with van der Waals surface area (Å²) in [4.78, 5) is 4.00. The fourth-order valence-corrected chi connectivity index (χ4v) is 2.20. The van der Waals surface area contributed by atoms with Crippen LogP contribution in [0.3, 0.4) is 0 Å². The SMILES string of the molecule is CCOc1ccccc1-n1nnc(C#N)c1-c1ccncc1. The fourth-order valence-electron chi connectivity index (χ4n) is 2.20. The summed E-state index contributed by atoms with van der Waals surface area (Å²) < 4.78 is 7.27. The smallest absolute Gasteiger partial charge is 0.191 e. The van der Waals surface area contributed by atoms with Crippen LogP contribution in [0.1, 0.15) is 12.6 Å². The van der Waals surface area contributed by atoms with Gasteiger partial charge < -0.3 is 4.74 Å². The molecule has 3 rings (SSSR count). The molecule has 0 saturated carbocycles. The Morgan fingerprint density at radius 1 is 1.18 bits per heavy atom. The predicted molar refractivity (Wildman–Crippen MR) is 80.5 cm³/mol. The lowest BCUT2D eigenvalue weighted by atomic mass is 10.1. The number of benzene rings is 1. The Morgan fingerprint density at radius 3 is 2.68 bits per heavy atom. The fraction of sp³-hybridized carbons (Fsp3) is 0.125. The van der Waals surface area contributed by atoms with Crippen molar-refractivity contribution in [2.75, 3.05) is 6.61 Å². The van der Waals surface area contributed by atoms with Crippen molar-refractivity contribution in [2.45, 2.75) is 6.92 Å². The minimum absolute atomic E-state index is 0.262. The maximum atomic E-state index is 9.30. The van der Waals surface area contributed by atoms with Gasteiger partial charge in [-0.1, -0.05) is 17.3 Å². The van der Waals surface area contributed by atoms with Crippen LogP contribution in [0.15, 0.2) is 48.8 Å². The van der Waals surface area contributed by atoms with E-state index in [4.69, 9.17) is 4.74 Å². The van der Waals surface area contributed by atoms with Crippen LogP contribution in [0.2, 0.25) is 0 Å². The van der Waals surface area contributed by atoms with Gasteiger partial charge in [-0.2, -0.15) is 5.26 Å². The lowest BCUT2D eigenvalue weighted by Gasteiger charge is -2.11. The zero-order chi connectivity index (χ0) is 15.4. The van der Waals surface area contributed by atoms with E-state index in [1.54, 1.807) is 17.1 Å². The highest BCUT2D eigenvalue weighted by molar-refractivity contribution is 5.67. The summed E-state index contributed by atoms with van der Waals surface area (Å²) in [5, 5.41) is 17.4. The first-order chi connectivity index (χ1) is 10.8. The van der Waals surface area contributed by atoms with Crippen LogP contribution in [0.5, 0.6) is 5.75 Å². The van der Waals surface area contributed by atoms with Gasteiger partial charge in [0.05, 0.1) is 6.61 Å². The third-order valence-corrected chi connectivity index (χ3v) is 3.12. The van der Waals surface area contributed by atoms with Gasteiger partial charge in [-0.3, -0.25) is 4.98 Å². The van der Waals surface area contributed by atoms with Crippen LogP contribution in [0.4, 0.5) is 0 Å². The number of para-hydroxylation sites is 2. The normalized spacial score (nSPS) is 10.2. The van der Waals surface area contributed by atoms with E-state index in [-0.39, 0.29) is 5.69 Å². The molecule has 1 aromatic carbocycles. The molecule has 0 spiro atoms. The summed E-state index contributed by atoms with van der Waals surface area (Å²) in [6.07, 6.45) is 3.34. The second-order valence-electron chi connectivity index (χ2n) is 4.45. The van der Waals surface area contributed by atoms with E-state index in [0.29, 0.717) is 18.1 Å². The van der Waals surface area contributed by atoms with Gasteiger partial charge in [0.15, 0.2) is 5.69 Å². The van der Waals surface area contributed by atoms with Gasteiger partial charge in [0.25, 0.3) is 0 Å². The largest absolute Gasteiger partial charge is 0.492 e. The molecule has 22 heavy (non-hydrogen) atoms. The summed E-state index contributed by atoms with van der Waals surface area (Å²) in [6.45, 7) is 2.46. The molecule has 0 fully saturated rings. The second-order valence-corrected chi connectivity index (χ2v) is 4.45. The Hall–Kier alpha value is -3.20. The molecule has 3 aromatic rings. The molecule has 0 bridgehead atoms. The number of pyridine rings is 1.